The molecule has 84 valence electrons. The second kappa shape index (κ2) is 5.47. The topological polar surface area (TPSA) is 16.1 Å². The summed E-state index contributed by atoms with van der Waals surface area (Å²) in [5.41, 5.74) is 0.497. The van der Waals surface area contributed by atoms with E-state index in [1.165, 1.54) is 4.90 Å². The number of pyridine rings is 1. The molecule has 1 heterocycles. The zero-order valence-corrected chi connectivity index (χ0v) is 9.56. The van der Waals surface area contributed by atoms with Gasteiger partial charge in [-0.3, -0.25) is 0 Å². The molecule has 0 amide bonds. The Bertz CT molecular complexity index is 334. The molecule has 0 fully saturated rings. The molecule has 0 atom stereocenters. The van der Waals surface area contributed by atoms with Crippen molar-refractivity contribution in [2.45, 2.75) is 12.3 Å². The predicted molar refractivity (Wildman–Crippen MR) is 58.1 cm³/mol. The van der Waals surface area contributed by atoms with Crippen molar-refractivity contribution >= 4 is 29.0 Å². The first-order valence-corrected chi connectivity index (χ1v) is 5.16. The van der Waals surface area contributed by atoms with Gasteiger partial charge in [0.25, 0.3) is 6.43 Å². The van der Waals surface area contributed by atoms with Gasteiger partial charge in [0.1, 0.15) is 5.82 Å². The molecule has 6 heteroatoms. The molecule has 0 saturated carbocycles. The van der Waals surface area contributed by atoms with Gasteiger partial charge in [-0.2, -0.15) is 0 Å². The van der Waals surface area contributed by atoms with Gasteiger partial charge >= 0.3 is 0 Å². The van der Waals surface area contributed by atoms with E-state index in [-0.39, 0.29) is 12.4 Å². The third-order valence-electron chi connectivity index (χ3n) is 1.83. The maximum atomic E-state index is 12.1. The Kier molecular flexibility index (Phi) is 4.54. The summed E-state index contributed by atoms with van der Waals surface area (Å²) in [6, 6.07) is 3.18. The molecule has 0 bridgehead atoms. The van der Waals surface area contributed by atoms with Crippen molar-refractivity contribution < 1.29 is 8.78 Å². The highest BCUT2D eigenvalue weighted by atomic mass is 35.5. The van der Waals surface area contributed by atoms with Crippen LogP contribution in [0.1, 0.15) is 5.69 Å². The average Bonchev–Trinajstić information content (AvgIpc) is 2.17. The fourth-order valence-electron chi connectivity index (χ4n) is 1.08. The van der Waals surface area contributed by atoms with Crippen molar-refractivity contribution in [1.82, 2.24) is 4.98 Å². The molecule has 15 heavy (non-hydrogen) atoms. The lowest BCUT2D eigenvalue weighted by molar-refractivity contribution is 0.156. The molecule has 0 aliphatic carbocycles. The third-order valence-corrected chi connectivity index (χ3v) is 2.43. The van der Waals surface area contributed by atoms with Gasteiger partial charge in [-0.05, 0) is 12.1 Å². The van der Waals surface area contributed by atoms with Crippen molar-refractivity contribution in [2.24, 2.45) is 0 Å². The molecule has 2 nitrogen and oxygen atoms in total. The van der Waals surface area contributed by atoms with Crippen molar-refractivity contribution in [2.75, 3.05) is 18.5 Å². The summed E-state index contributed by atoms with van der Waals surface area (Å²) in [5.74, 6) is 0.602. The van der Waals surface area contributed by atoms with E-state index < -0.39 is 6.43 Å². The first kappa shape index (κ1) is 12.5. The lowest BCUT2D eigenvalue weighted by Crippen LogP contribution is -2.25. The molecule has 0 aromatic carbocycles. The maximum absolute atomic E-state index is 12.1. The van der Waals surface area contributed by atoms with Crippen LogP contribution in [0, 0.1) is 0 Å². The van der Waals surface area contributed by atoms with Crippen molar-refractivity contribution in [1.29, 1.82) is 0 Å². The van der Waals surface area contributed by atoms with Crippen LogP contribution in [0.15, 0.2) is 12.1 Å². The van der Waals surface area contributed by atoms with E-state index in [2.05, 4.69) is 4.98 Å². The van der Waals surface area contributed by atoms with Crippen LogP contribution in [0.2, 0.25) is 5.02 Å². The number of anilines is 1. The first-order valence-electron chi connectivity index (χ1n) is 4.25. The summed E-state index contributed by atoms with van der Waals surface area (Å²) in [6.45, 7) is -0.365. The van der Waals surface area contributed by atoms with E-state index in [9.17, 15) is 8.78 Å². The molecule has 1 rings (SSSR count). The average molecular weight is 255 g/mol. The minimum absolute atomic E-state index is 0.162. The van der Waals surface area contributed by atoms with E-state index in [1.54, 1.807) is 19.2 Å². The van der Waals surface area contributed by atoms with Crippen LogP contribution in [-0.2, 0) is 5.88 Å². The van der Waals surface area contributed by atoms with Gasteiger partial charge in [0, 0.05) is 7.05 Å². The Labute approximate surface area is 96.8 Å². The summed E-state index contributed by atoms with van der Waals surface area (Å²) >= 11 is 11.4. The van der Waals surface area contributed by atoms with Crippen molar-refractivity contribution in [3.05, 3.63) is 22.8 Å². The van der Waals surface area contributed by atoms with Crippen LogP contribution < -0.4 is 4.90 Å². The Morgan fingerprint density at radius 3 is 2.67 bits per heavy atom. The first-order chi connectivity index (χ1) is 7.04. The van der Waals surface area contributed by atoms with Crippen molar-refractivity contribution in [3.8, 4) is 0 Å². The number of rotatable bonds is 4. The highest BCUT2D eigenvalue weighted by Crippen LogP contribution is 2.20. The largest absolute Gasteiger partial charge is 0.354 e. The normalized spacial score (nSPS) is 10.8. The Balaban J connectivity index is 2.85. The van der Waals surface area contributed by atoms with Gasteiger partial charge in [0.2, 0.25) is 0 Å². The van der Waals surface area contributed by atoms with Crippen LogP contribution in [0.5, 0.6) is 0 Å². The van der Waals surface area contributed by atoms with Crippen molar-refractivity contribution in [3.63, 3.8) is 0 Å². The summed E-state index contributed by atoms with van der Waals surface area (Å²) < 4.78 is 24.2. The van der Waals surface area contributed by atoms with Crippen LogP contribution in [0.25, 0.3) is 0 Å². The number of alkyl halides is 3. The molecule has 0 radical (unpaired) electrons. The third kappa shape index (κ3) is 3.47. The molecule has 0 spiro atoms. The number of hydrogen-bond acceptors (Lipinski definition) is 2. The molecular weight excluding hydrogens is 245 g/mol. The fourth-order valence-corrected chi connectivity index (χ4v) is 1.52. The van der Waals surface area contributed by atoms with Crippen LogP contribution in [0.3, 0.4) is 0 Å². The van der Waals surface area contributed by atoms with E-state index in [0.29, 0.717) is 16.5 Å². The lowest BCUT2D eigenvalue weighted by atomic mass is 10.3. The Morgan fingerprint density at radius 2 is 2.13 bits per heavy atom. The highest BCUT2D eigenvalue weighted by Gasteiger charge is 2.11. The van der Waals surface area contributed by atoms with E-state index in [4.69, 9.17) is 23.2 Å². The minimum Gasteiger partial charge on any atom is -0.354 e. The SMILES string of the molecule is CN(CC(F)F)c1ccc(Cl)c(CCl)n1. The van der Waals surface area contributed by atoms with E-state index in [0.717, 1.165) is 0 Å². The smallest absolute Gasteiger partial charge is 0.255 e. The fraction of sp³-hybridized carbons (Fsp3) is 0.444. The molecule has 1 aromatic heterocycles. The predicted octanol–water partition coefficient (Wildman–Crippen LogP) is 3.18. The Morgan fingerprint density at radius 1 is 1.47 bits per heavy atom. The lowest BCUT2D eigenvalue weighted by Gasteiger charge is -2.18. The molecule has 0 unspecified atom stereocenters. The molecule has 0 aliphatic heterocycles. The summed E-state index contributed by atoms with van der Waals surface area (Å²) in [4.78, 5) is 5.43. The number of halogens is 4. The standard InChI is InChI=1S/C9H10Cl2F2N2/c1-15(5-8(12)13)9-3-2-6(11)7(4-10)14-9/h2-3,8H,4-5H2,1H3. The second-order valence-electron chi connectivity index (χ2n) is 3.00. The van der Waals surface area contributed by atoms with E-state index in [1.807, 2.05) is 0 Å². The monoisotopic (exact) mass is 254 g/mol. The number of aromatic nitrogens is 1. The molecule has 0 aliphatic rings. The zero-order chi connectivity index (χ0) is 11.4. The zero-order valence-electron chi connectivity index (χ0n) is 8.05. The summed E-state index contributed by atoms with van der Waals surface area (Å²) in [5, 5.41) is 0.444. The van der Waals surface area contributed by atoms with Gasteiger partial charge < -0.3 is 4.90 Å². The van der Waals surface area contributed by atoms with E-state index >= 15 is 0 Å². The Hall–Kier alpha value is -0.610. The molecular formula is C9H10Cl2F2N2. The molecule has 1 aromatic rings. The van der Waals surface area contributed by atoms with Crippen LogP contribution >= 0.6 is 23.2 Å². The van der Waals surface area contributed by atoms with Gasteiger partial charge in [-0.1, -0.05) is 11.6 Å². The van der Waals surface area contributed by atoms with Crippen LogP contribution in [-0.4, -0.2) is 25.0 Å². The second-order valence-corrected chi connectivity index (χ2v) is 3.68. The molecule has 0 N–H and O–H groups in total. The van der Waals surface area contributed by atoms with Gasteiger partial charge in [0.05, 0.1) is 23.1 Å². The number of nitrogens with zero attached hydrogens (tertiary/aromatic N) is 2. The number of hydrogen-bond donors (Lipinski definition) is 0. The minimum atomic E-state index is -2.40. The summed E-state index contributed by atoms with van der Waals surface area (Å²) in [7, 11) is 1.54. The van der Waals surface area contributed by atoms with Gasteiger partial charge in [0.15, 0.2) is 0 Å². The van der Waals surface area contributed by atoms with Crippen LogP contribution in [0.4, 0.5) is 14.6 Å². The van der Waals surface area contributed by atoms with Gasteiger partial charge in [-0.25, -0.2) is 13.8 Å². The maximum Gasteiger partial charge on any atom is 0.255 e. The summed E-state index contributed by atoms with van der Waals surface area (Å²) in [6.07, 6.45) is -2.40. The van der Waals surface area contributed by atoms with Gasteiger partial charge in [-0.15, -0.1) is 11.6 Å². The quantitative estimate of drug-likeness (QED) is 0.768. The molecule has 0 saturated heterocycles. The highest BCUT2D eigenvalue weighted by molar-refractivity contribution is 6.32.